The van der Waals surface area contributed by atoms with Crippen LogP contribution in [0.2, 0.25) is 0 Å². The molecular formula is C17H18N2O. The van der Waals surface area contributed by atoms with Gasteiger partial charge in [0.25, 0.3) is 0 Å². The third-order valence-corrected chi connectivity index (χ3v) is 3.08. The average Bonchev–Trinajstić information content (AvgIpc) is 2.38. The minimum Gasteiger partial charge on any atom is -0.457 e. The highest BCUT2D eigenvalue weighted by Gasteiger charge is 2.14. The summed E-state index contributed by atoms with van der Waals surface area (Å²) >= 11 is 0. The van der Waals surface area contributed by atoms with Gasteiger partial charge in [-0.1, -0.05) is 32.9 Å². The summed E-state index contributed by atoms with van der Waals surface area (Å²) in [7, 11) is 0. The van der Waals surface area contributed by atoms with Gasteiger partial charge in [0.1, 0.15) is 17.6 Å². The van der Waals surface area contributed by atoms with E-state index in [2.05, 4.69) is 26.8 Å². The summed E-state index contributed by atoms with van der Waals surface area (Å²) in [6.07, 6.45) is 0. The zero-order valence-corrected chi connectivity index (χ0v) is 12.0. The van der Waals surface area contributed by atoms with E-state index < -0.39 is 0 Å². The fraction of sp³-hybridized carbons (Fsp3) is 0.235. The van der Waals surface area contributed by atoms with Crippen LogP contribution in [-0.2, 0) is 5.41 Å². The fourth-order valence-electron chi connectivity index (χ4n) is 1.87. The van der Waals surface area contributed by atoms with Crippen LogP contribution in [0.4, 0.5) is 5.69 Å². The lowest BCUT2D eigenvalue weighted by Gasteiger charge is -2.19. The average molecular weight is 266 g/mol. The van der Waals surface area contributed by atoms with E-state index in [1.165, 1.54) is 5.56 Å². The van der Waals surface area contributed by atoms with Crippen molar-refractivity contribution in [1.29, 1.82) is 5.26 Å². The number of rotatable bonds is 2. The molecule has 0 spiro atoms. The second-order valence-electron chi connectivity index (χ2n) is 5.74. The van der Waals surface area contributed by atoms with Gasteiger partial charge in [-0.3, -0.25) is 0 Å². The number of hydrogen-bond acceptors (Lipinski definition) is 3. The summed E-state index contributed by atoms with van der Waals surface area (Å²) in [5.74, 6) is 1.40. The van der Waals surface area contributed by atoms with Crippen molar-refractivity contribution in [2.24, 2.45) is 0 Å². The van der Waals surface area contributed by atoms with E-state index in [0.717, 1.165) is 5.75 Å². The first-order valence-electron chi connectivity index (χ1n) is 6.48. The van der Waals surface area contributed by atoms with Gasteiger partial charge in [-0.15, -0.1) is 0 Å². The molecule has 0 saturated heterocycles. The van der Waals surface area contributed by atoms with Crippen molar-refractivity contribution in [3.8, 4) is 17.6 Å². The standard InChI is InChI=1S/C17H18N2O/c1-17(2,3)13-5-4-6-14(9-13)20-15-8-7-12(11-18)16(19)10-15/h4-10H,19H2,1-3H3. The Morgan fingerprint density at radius 3 is 2.35 bits per heavy atom. The Labute approximate surface area is 119 Å². The molecule has 0 fully saturated rings. The van der Waals surface area contributed by atoms with Crippen LogP contribution < -0.4 is 10.5 Å². The highest BCUT2D eigenvalue weighted by molar-refractivity contribution is 5.57. The molecule has 0 bridgehead atoms. The topological polar surface area (TPSA) is 59.0 Å². The van der Waals surface area contributed by atoms with Gasteiger partial charge < -0.3 is 10.5 Å². The van der Waals surface area contributed by atoms with Gasteiger partial charge in [0.05, 0.1) is 11.3 Å². The Morgan fingerprint density at radius 2 is 1.75 bits per heavy atom. The summed E-state index contributed by atoms with van der Waals surface area (Å²) in [4.78, 5) is 0. The van der Waals surface area contributed by atoms with Gasteiger partial charge in [-0.2, -0.15) is 5.26 Å². The molecule has 2 rings (SSSR count). The lowest BCUT2D eigenvalue weighted by molar-refractivity contribution is 0.479. The molecule has 20 heavy (non-hydrogen) atoms. The first-order valence-corrected chi connectivity index (χ1v) is 6.48. The van der Waals surface area contributed by atoms with E-state index in [-0.39, 0.29) is 5.41 Å². The molecule has 0 radical (unpaired) electrons. The van der Waals surface area contributed by atoms with Crippen molar-refractivity contribution in [2.75, 3.05) is 5.73 Å². The molecule has 0 heterocycles. The van der Waals surface area contributed by atoms with E-state index in [1.807, 2.05) is 24.3 Å². The van der Waals surface area contributed by atoms with Crippen molar-refractivity contribution < 1.29 is 4.74 Å². The number of ether oxygens (including phenoxy) is 1. The number of hydrogen-bond donors (Lipinski definition) is 1. The van der Waals surface area contributed by atoms with E-state index in [9.17, 15) is 0 Å². The molecule has 2 aromatic rings. The smallest absolute Gasteiger partial charge is 0.129 e. The number of nitrogens with two attached hydrogens (primary N) is 1. The maximum Gasteiger partial charge on any atom is 0.129 e. The number of nitrogen functional groups attached to an aromatic ring is 1. The monoisotopic (exact) mass is 266 g/mol. The molecule has 2 N–H and O–H groups in total. The molecule has 102 valence electrons. The number of nitriles is 1. The molecule has 0 amide bonds. The third kappa shape index (κ3) is 3.10. The fourth-order valence-corrected chi connectivity index (χ4v) is 1.87. The van der Waals surface area contributed by atoms with Crippen molar-refractivity contribution in [3.05, 3.63) is 53.6 Å². The molecular weight excluding hydrogens is 248 g/mol. The quantitative estimate of drug-likeness (QED) is 0.827. The van der Waals surface area contributed by atoms with Gasteiger partial charge in [0, 0.05) is 6.07 Å². The molecule has 0 aliphatic rings. The Bertz CT molecular complexity index is 663. The van der Waals surface area contributed by atoms with Gasteiger partial charge in [-0.25, -0.2) is 0 Å². The van der Waals surface area contributed by atoms with E-state index >= 15 is 0 Å². The minimum atomic E-state index is 0.0725. The Morgan fingerprint density at radius 1 is 1.05 bits per heavy atom. The summed E-state index contributed by atoms with van der Waals surface area (Å²) < 4.78 is 5.81. The number of benzene rings is 2. The van der Waals surface area contributed by atoms with Crippen LogP contribution >= 0.6 is 0 Å². The van der Waals surface area contributed by atoms with Gasteiger partial charge >= 0.3 is 0 Å². The summed E-state index contributed by atoms with van der Waals surface area (Å²) in [5, 5.41) is 8.85. The lowest BCUT2D eigenvalue weighted by atomic mass is 9.87. The summed E-state index contributed by atoms with van der Waals surface area (Å²) in [6.45, 7) is 6.48. The van der Waals surface area contributed by atoms with Crippen LogP contribution in [0.25, 0.3) is 0 Å². The number of nitrogens with zero attached hydrogens (tertiary/aromatic N) is 1. The third-order valence-electron chi connectivity index (χ3n) is 3.08. The van der Waals surface area contributed by atoms with E-state index in [0.29, 0.717) is 17.0 Å². The molecule has 2 aromatic carbocycles. The van der Waals surface area contributed by atoms with Crippen molar-refractivity contribution >= 4 is 5.69 Å². The van der Waals surface area contributed by atoms with Crippen LogP contribution in [-0.4, -0.2) is 0 Å². The van der Waals surface area contributed by atoms with Crippen LogP contribution in [0.15, 0.2) is 42.5 Å². The lowest BCUT2D eigenvalue weighted by Crippen LogP contribution is -2.10. The normalized spacial score (nSPS) is 10.9. The molecule has 0 aliphatic carbocycles. The maximum atomic E-state index is 8.85. The molecule has 0 atom stereocenters. The van der Waals surface area contributed by atoms with Gasteiger partial charge in [0.2, 0.25) is 0 Å². The highest BCUT2D eigenvalue weighted by Crippen LogP contribution is 2.29. The summed E-state index contributed by atoms with van der Waals surface area (Å²) in [6, 6.07) is 15.1. The molecule has 3 nitrogen and oxygen atoms in total. The molecule has 0 saturated carbocycles. The maximum absolute atomic E-state index is 8.85. The van der Waals surface area contributed by atoms with Crippen molar-refractivity contribution in [1.82, 2.24) is 0 Å². The van der Waals surface area contributed by atoms with Gasteiger partial charge in [0.15, 0.2) is 0 Å². The Hall–Kier alpha value is -2.47. The number of anilines is 1. The predicted octanol–water partition coefficient (Wildman–Crippen LogP) is 4.23. The second kappa shape index (κ2) is 5.26. The first-order chi connectivity index (χ1) is 9.40. The Kier molecular flexibility index (Phi) is 3.67. The van der Waals surface area contributed by atoms with E-state index in [1.54, 1.807) is 18.2 Å². The summed E-state index contributed by atoms with van der Waals surface area (Å²) in [5.41, 5.74) is 7.95. The second-order valence-corrected chi connectivity index (χ2v) is 5.74. The first kappa shape index (κ1) is 14.0. The Balaban J connectivity index is 2.27. The molecule has 3 heteroatoms. The largest absolute Gasteiger partial charge is 0.457 e. The molecule has 0 aromatic heterocycles. The minimum absolute atomic E-state index is 0.0725. The zero-order valence-electron chi connectivity index (χ0n) is 12.0. The van der Waals surface area contributed by atoms with Crippen LogP contribution in [0, 0.1) is 11.3 Å². The van der Waals surface area contributed by atoms with Crippen molar-refractivity contribution in [2.45, 2.75) is 26.2 Å². The predicted molar refractivity (Wildman–Crippen MR) is 80.8 cm³/mol. The molecule has 0 unspecified atom stereocenters. The van der Waals surface area contributed by atoms with Crippen LogP contribution in [0.1, 0.15) is 31.9 Å². The zero-order chi connectivity index (χ0) is 14.8. The van der Waals surface area contributed by atoms with Crippen LogP contribution in [0.3, 0.4) is 0 Å². The highest BCUT2D eigenvalue weighted by atomic mass is 16.5. The SMILES string of the molecule is CC(C)(C)c1cccc(Oc2ccc(C#N)c(N)c2)c1. The van der Waals surface area contributed by atoms with E-state index in [4.69, 9.17) is 15.7 Å². The van der Waals surface area contributed by atoms with Crippen LogP contribution in [0.5, 0.6) is 11.5 Å². The molecule has 0 aliphatic heterocycles. The van der Waals surface area contributed by atoms with Gasteiger partial charge in [-0.05, 0) is 35.2 Å². The van der Waals surface area contributed by atoms with Crippen molar-refractivity contribution in [3.63, 3.8) is 0 Å².